The Labute approximate surface area is 132 Å². The number of hydrogen-bond acceptors (Lipinski definition) is 3. The summed E-state index contributed by atoms with van der Waals surface area (Å²) in [5.74, 6) is 0.789. The van der Waals surface area contributed by atoms with E-state index in [1.807, 2.05) is 32.0 Å². The zero-order valence-corrected chi connectivity index (χ0v) is 13.6. The largest absolute Gasteiger partial charge is 0.357 e. The maximum absolute atomic E-state index is 11.5. The van der Waals surface area contributed by atoms with Crippen molar-refractivity contribution >= 4 is 11.9 Å². The van der Waals surface area contributed by atoms with Crippen LogP contribution in [0.15, 0.2) is 29.4 Å². The van der Waals surface area contributed by atoms with Gasteiger partial charge < -0.3 is 16.0 Å². The molecular weight excluding hydrogens is 278 g/mol. The molecule has 6 heteroatoms. The lowest BCUT2D eigenvalue weighted by Gasteiger charge is -2.11. The molecule has 0 aromatic carbocycles. The summed E-state index contributed by atoms with van der Waals surface area (Å²) in [5, 5.41) is 9.27. The summed E-state index contributed by atoms with van der Waals surface area (Å²) < 4.78 is 0. The third-order valence-corrected chi connectivity index (χ3v) is 2.92. The summed E-state index contributed by atoms with van der Waals surface area (Å²) in [6, 6.07) is 5.90. The van der Waals surface area contributed by atoms with Crippen LogP contribution < -0.4 is 16.0 Å². The molecule has 0 aliphatic carbocycles. The number of pyridine rings is 1. The smallest absolute Gasteiger partial charge is 0.221 e. The molecule has 0 aliphatic heterocycles. The molecular formula is C16H27N5O. The molecule has 1 amide bonds. The first-order valence-corrected chi connectivity index (χ1v) is 7.95. The van der Waals surface area contributed by atoms with Gasteiger partial charge in [-0.15, -0.1) is 0 Å². The van der Waals surface area contributed by atoms with Gasteiger partial charge in [-0.2, -0.15) is 0 Å². The van der Waals surface area contributed by atoms with Gasteiger partial charge in [0.05, 0.1) is 6.54 Å². The van der Waals surface area contributed by atoms with E-state index in [1.165, 1.54) is 0 Å². The summed E-state index contributed by atoms with van der Waals surface area (Å²) in [6.07, 6.45) is 4.00. The van der Waals surface area contributed by atoms with Crippen molar-refractivity contribution in [3.05, 3.63) is 30.1 Å². The Hall–Kier alpha value is -2.11. The number of carbonyl (C=O) groups excluding carboxylic acids is 1. The topological polar surface area (TPSA) is 78.4 Å². The number of aliphatic imine (C=N–C) groups is 1. The maximum atomic E-state index is 11.5. The fourth-order valence-corrected chi connectivity index (χ4v) is 1.82. The van der Waals surface area contributed by atoms with Gasteiger partial charge in [0.1, 0.15) is 0 Å². The number of hydrogen-bond donors (Lipinski definition) is 3. The molecule has 0 saturated carbocycles. The standard InChI is InChI=1S/C16H27N5O/c1-3-10-19-15(22)9-13-21-16(17-4-2)20-12-8-14-7-5-6-11-18-14/h5-7,11H,3-4,8-10,12-13H2,1-2H3,(H,19,22)(H2,17,20,21). The van der Waals surface area contributed by atoms with Crippen LogP contribution >= 0.6 is 0 Å². The zero-order valence-electron chi connectivity index (χ0n) is 13.6. The highest BCUT2D eigenvalue weighted by atomic mass is 16.1. The number of aromatic nitrogens is 1. The van der Waals surface area contributed by atoms with Crippen LogP contribution in [0, 0.1) is 0 Å². The molecule has 1 rings (SSSR count). The highest BCUT2D eigenvalue weighted by molar-refractivity contribution is 5.80. The minimum Gasteiger partial charge on any atom is -0.357 e. The van der Waals surface area contributed by atoms with E-state index in [0.29, 0.717) is 13.0 Å². The highest BCUT2D eigenvalue weighted by Gasteiger charge is 2.01. The Morgan fingerprint density at radius 2 is 2.05 bits per heavy atom. The fourth-order valence-electron chi connectivity index (χ4n) is 1.82. The first kappa shape index (κ1) is 17.9. The number of guanidine groups is 1. The van der Waals surface area contributed by atoms with Gasteiger partial charge in [0, 0.05) is 44.4 Å². The van der Waals surface area contributed by atoms with E-state index in [1.54, 1.807) is 6.20 Å². The summed E-state index contributed by atoms with van der Waals surface area (Å²) in [5.41, 5.74) is 1.05. The lowest BCUT2D eigenvalue weighted by atomic mass is 10.3. The Morgan fingerprint density at radius 3 is 2.73 bits per heavy atom. The van der Waals surface area contributed by atoms with Crippen molar-refractivity contribution < 1.29 is 4.79 Å². The van der Waals surface area contributed by atoms with Gasteiger partial charge in [-0.3, -0.25) is 14.8 Å². The molecule has 0 atom stereocenters. The minimum atomic E-state index is 0.0509. The summed E-state index contributed by atoms with van der Waals surface area (Å²) in [7, 11) is 0. The molecule has 0 unspecified atom stereocenters. The van der Waals surface area contributed by atoms with Gasteiger partial charge in [-0.25, -0.2) is 0 Å². The first-order valence-electron chi connectivity index (χ1n) is 7.95. The summed E-state index contributed by atoms with van der Waals surface area (Å²) in [6.45, 7) is 6.80. The van der Waals surface area contributed by atoms with Crippen LogP contribution in [-0.2, 0) is 11.2 Å². The van der Waals surface area contributed by atoms with Crippen LogP contribution in [0.5, 0.6) is 0 Å². The first-order chi connectivity index (χ1) is 10.8. The molecule has 0 spiro atoms. The predicted octanol–water partition coefficient (Wildman–Crippen LogP) is 1.10. The van der Waals surface area contributed by atoms with Crippen LogP contribution in [-0.4, -0.2) is 43.0 Å². The quantitative estimate of drug-likeness (QED) is 0.471. The Balaban J connectivity index is 2.30. The normalized spacial score (nSPS) is 11.1. The van der Waals surface area contributed by atoms with Crippen LogP contribution in [0.3, 0.4) is 0 Å². The van der Waals surface area contributed by atoms with Gasteiger partial charge in [0.15, 0.2) is 5.96 Å². The number of nitrogens with one attached hydrogen (secondary N) is 3. The van der Waals surface area contributed by atoms with Crippen LogP contribution in [0.1, 0.15) is 32.4 Å². The van der Waals surface area contributed by atoms with E-state index < -0.39 is 0 Å². The van der Waals surface area contributed by atoms with Gasteiger partial charge in [0.2, 0.25) is 5.91 Å². The fraction of sp³-hybridized carbons (Fsp3) is 0.562. The average molecular weight is 305 g/mol. The molecule has 0 saturated heterocycles. The molecule has 22 heavy (non-hydrogen) atoms. The second-order valence-electron chi connectivity index (χ2n) is 4.86. The van der Waals surface area contributed by atoms with Crippen molar-refractivity contribution in [3.63, 3.8) is 0 Å². The van der Waals surface area contributed by atoms with E-state index in [-0.39, 0.29) is 5.91 Å². The zero-order chi connectivity index (χ0) is 16.0. The van der Waals surface area contributed by atoms with E-state index in [2.05, 4.69) is 25.9 Å². The number of carbonyl (C=O) groups is 1. The molecule has 1 aromatic rings. The van der Waals surface area contributed by atoms with Gasteiger partial charge >= 0.3 is 0 Å². The molecule has 6 nitrogen and oxygen atoms in total. The summed E-state index contributed by atoms with van der Waals surface area (Å²) in [4.78, 5) is 20.2. The van der Waals surface area contributed by atoms with Crippen molar-refractivity contribution in [2.45, 2.75) is 33.1 Å². The van der Waals surface area contributed by atoms with E-state index in [4.69, 9.17) is 0 Å². The molecule has 0 radical (unpaired) electrons. The van der Waals surface area contributed by atoms with Crippen molar-refractivity contribution in [1.29, 1.82) is 0 Å². The Kier molecular flexibility index (Phi) is 9.41. The Morgan fingerprint density at radius 1 is 1.18 bits per heavy atom. The van der Waals surface area contributed by atoms with Gasteiger partial charge in [-0.05, 0) is 25.5 Å². The molecule has 1 aromatic heterocycles. The number of nitrogens with zero attached hydrogens (tertiary/aromatic N) is 2. The maximum Gasteiger partial charge on any atom is 0.221 e. The lowest BCUT2D eigenvalue weighted by Crippen LogP contribution is -2.38. The van der Waals surface area contributed by atoms with Crippen LogP contribution in [0.4, 0.5) is 0 Å². The van der Waals surface area contributed by atoms with Gasteiger partial charge in [0.25, 0.3) is 0 Å². The average Bonchev–Trinajstić information content (AvgIpc) is 2.54. The predicted molar refractivity (Wildman–Crippen MR) is 89.8 cm³/mol. The molecule has 0 fully saturated rings. The third kappa shape index (κ3) is 8.24. The second kappa shape index (κ2) is 11.5. The Bertz CT molecular complexity index is 447. The van der Waals surface area contributed by atoms with E-state index in [9.17, 15) is 4.79 Å². The third-order valence-electron chi connectivity index (χ3n) is 2.92. The van der Waals surface area contributed by atoms with Crippen molar-refractivity contribution in [3.8, 4) is 0 Å². The summed E-state index contributed by atoms with van der Waals surface area (Å²) >= 11 is 0. The molecule has 1 heterocycles. The van der Waals surface area contributed by atoms with E-state index >= 15 is 0 Å². The van der Waals surface area contributed by atoms with Crippen molar-refractivity contribution in [1.82, 2.24) is 20.9 Å². The number of rotatable bonds is 9. The molecule has 3 N–H and O–H groups in total. The lowest BCUT2D eigenvalue weighted by molar-refractivity contribution is -0.120. The molecule has 0 bridgehead atoms. The van der Waals surface area contributed by atoms with Gasteiger partial charge in [-0.1, -0.05) is 13.0 Å². The SMILES string of the molecule is CCCNC(=O)CCN=C(NCC)NCCc1ccccn1. The molecule has 0 aliphatic rings. The minimum absolute atomic E-state index is 0.0509. The van der Waals surface area contributed by atoms with Crippen molar-refractivity contribution in [2.75, 3.05) is 26.2 Å². The van der Waals surface area contributed by atoms with Crippen LogP contribution in [0.2, 0.25) is 0 Å². The highest BCUT2D eigenvalue weighted by Crippen LogP contribution is 1.93. The number of amides is 1. The molecule has 122 valence electrons. The van der Waals surface area contributed by atoms with Crippen molar-refractivity contribution in [2.24, 2.45) is 4.99 Å². The van der Waals surface area contributed by atoms with Crippen LogP contribution in [0.25, 0.3) is 0 Å². The second-order valence-corrected chi connectivity index (χ2v) is 4.86. The monoisotopic (exact) mass is 305 g/mol. The van der Waals surface area contributed by atoms with E-state index in [0.717, 1.165) is 44.1 Å².